The van der Waals surface area contributed by atoms with Crippen molar-refractivity contribution in [3.63, 3.8) is 0 Å². The average Bonchev–Trinajstić information content (AvgIpc) is 2.93. The number of allylic oxidation sites excluding steroid dienone is 1. The standard InChI is InChI=1S/C16H12ClF2N3O2S/c1-8(2)11-6-12(18)16(21-15(11)19)22-25(23,24)14-7-20-13-5-9(17)3-4-10(13)14/h3-7,20H,1H2,2H3,(H,21,22). The Morgan fingerprint density at radius 2 is 2.04 bits per heavy atom. The molecule has 130 valence electrons. The first-order valence-electron chi connectivity index (χ1n) is 7.00. The van der Waals surface area contributed by atoms with E-state index in [2.05, 4.69) is 16.5 Å². The third-order valence-electron chi connectivity index (χ3n) is 3.52. The van der Waals surface area contributed by atoms with Crippen molar-refractivity contribution in [2.75, 3.05) is 4.72 Å². The number of aromatic nitrogens is 2. The molecular weight excluding hydrogens is 372 g/mol. The molecule has 1 aromatic carbocycles. The molecule has 3 aromatic rings. The van der Waals surface area contributed by atoms with E-state index in [0.29, 0.717) is 15.9 Å². The van der Waals surface area contributed by atoms with Gasteiger partial charge in [-0.25, -0.2) is 12.8 Å². The third-order valence-corrected chi connectivity index (χ3v) is 5.13. The van der Waals surface area contributed by atoms with Gasteiger partial charge in [-0.15, -0.1) is 0 Å². The molecule has 2 heterocycles. The van der Waals surface area contributed by atoms with Crippen LogP contribution in [0.3, 0.4) is 0 Å². The number of halogens is 3. The van der Waals surface area contributed by atoms with Crippen LogP contribution in [0, 0.1) is 11.8 Å². The average molecular weight is 384 g/mol. The predicted molar refractivity (Wildman–Crippen MR) is 93.0 cm³/mol. The van der Waals surface area contributed by atoms with Crippen LogP contribution < -0.4 is 4.72 Å². The van der Waals surface area contributed by atoms with Gasteiger partial charge < -0.3 is 4.98 Å². The molecule has 0 radical (unpaired) electrons. The number of fused-ring (bicyclic) bond motifs is 1. The first-order chi connectivity index (χ1) is 11.7. The maximum atomic E-state index is 14.1. The Kier molecular flexibility index (Phi) is 4.26. The number of rotatable bonds is 4. The molecule has 0 unspecified atom stereocenters. The predicted octanol–water partition coefficient (Wildman–Crippen LogP) is 4.33. The number of H-pyrrole nitrogens is 1. The number of benzene rings is 1. The Bertz CT molecular complexity index is 1110. The highest BCUT2D eigenvalue weighted by Gasteiger charge is 2.23. The van der Waals surface area contributed by atoms with Gasteiger partial charge in [-0.1, -0.05) is 18.2 Å². The van der Waals surface area contributed by atoms with Gasteiger partial charge in [0.1, 0.15) is 4.90 Å². The van der Waals surface area contributed by atoms with Gasteiger partial charge in [-0.05, 0) is 36.8 Å². The van der Waals surface area contributed by atoms with Crippen molar-refractivity contribution >= 4 is 43.9 Å². The summed E-state index contributed by atoms with van der Waals surface area (Å²) in [6.07, 6.45) is 1.24. The van der Waals surface area contributed by atoms with Gasteiger partial charge in [0.25, 0.3) is 10.0 Å². The zero-order valence-electron chi connectivity index (χ0n) is 12.9. The van der Waals surface area contributed by atoms with E-state index >= 15 is 0 Å². The second-order valence-corrected chi connectivity index (χ2v) is 7.47. The normalized spacial score (nSPS) is 11.7. The molecule has 0 fully saturated rings. The topological polar surface area (TPSA) is 74.8 Å². The van der Waals surface area contributed by atoms with Gasteiger partial charge in [0.2, 0.25) is 5.95 Å². The van der Waals surface area contributed by atoms with Gasteiger partial charge >= 0.3 is 0 Å². The molecule has 0 spiro atoms. The fourth-order valence-electron chi connectivity index (χ4n) is 2.31. The summed E-state index contributed by atoms with van der Waals surface area (Å²) in [5.74, 6) is -2.76. The summed E-state index contributed by atoms with van der Waals surface area (Å²) in [6, 6.07) is 5.43. The van der Waals surface area contributed by atoms with Crippen molar-refractivity contribution in [2.45, 2.75) is 11.8 Å². The summed E-state index contributed by atoms with van der Waals surface area (Å²) in [4.78, 5) is 5.99. The van der Waals surface area contributed by atoms with E-state index < -0.39 is 27.6 Å². The maximum absolute atomic E-state index is 14.1. The van der Waals surface area contributed by atoms with Crippen LogP contribution in [0.2, 0.25) is 5.02 Å². The van der Waals surface area contributed by atoms with Crippen LogP contribution in [-0.2, 0) is 10.0 Å². The number of hydrogen-bond donors (Lipinski definition) is 2. The molecule has 5 nitrogen and oxygen atoms in total. The molecule has 0 saturated carbocycles. The molecule has 0 saturated heterocycles. The summed E-state index contributed by atoms with van der Waals surface area (Å²) < 4.78 is 55.0. The number of pyridine rings is 1. The Morgan fingerprint density at radius 1 is 1.32 bits per heavy atom. The molecule has 2 aromatic heterocycles. The van der Waals surface area contributed by atoms with E-state index in [0.717, 1.165) is 6.07 Å². The zero-order valence-corrected chi connectivity index (χ0v) is 14.5. The van der Waals surface area contributed by atoms with Gasteiger partial charge in [0, 0.05) is 27.7 Å². The first-order valence-corrected chi connectivity index (χ1v) is 8.86. The summed E-state index contributed by atoms with van der Waals surface area (Å²) in [7, 11) is -4.20. The highest BCUT2D eigenvalue weighted by molar-refractivity contribution is 7.93. The SMILES string of the molecule is C=C(C)c1cc(F)c(NS(=O)(=O)c2c[nH]c3cc(Cl)ccc23)nc1F. The summed E-state index contributed by atoms with van der Waals surface area (Å²) in [5.41, 5.74) is 0.638. The van der Waals surface area contributed by atoms with Crippen LogP contribution >= 0.6 is 11.6 Å². The van der Waals surface area contributed by atoms with Crippen LogP contribution in [0.15, 0.2) is 41.9 Å². The number of nitrogens with one attached hydrogen (secondary N) is 2. The highest BCUT2D eigenvalue weighted by Crippen LogP contribution is 2.28. The monoisotopic (exact) mass is 383 g/mol. The lowest BCUT2D eigenvalue weighted by Crippen LogP contribution is -2.15. The largest absolute Gasteiger partial charge is 0.360 e. The van der Waals surface area contributed by atoms with Crippen molar-refractivity contribution < 1.29 is 17.2 Å². The van der Waals surface area contributed by atoms with Crippen LogP contribution in [0.5, 0.6) is 0 Å². The number of sulfonamides is 1. The highest BCUT2D eigenvalue weighted by atomic mass is 35.5. The minimum Gasteiger partial charge on any atom is -0.360 e. The van der Waals surface area contributed by atoms with Crippen molar-refractivity contribution in [2.24, 2.45) is 0 Å². The third kappa shape index (κ3) is 3.22. The molecule has 3 rings (SSSR count). The van der Waals surface area contributed by atoms with Crippen molar-refractivity contribution in [1.29, 1.82) is 0 Å². The Balaban J connectivity index is 2.04. The van der Waals surface area contributed by atoms with Gasteiger partial charge in [0.15, 0.2) is 11.6 Å². The lowest BCUT2D eigenvalue weighted by Gasteiger charge is -2.09. The van der Waals surface area contributed by atoms with E-state index in [9.17, 15) is 17.2 Å². The molecule has 0 aliphatic heterocycles. The Morgan fingerprint density at radius 3 is 2.72 bits per heavy atom. The second kappa shape index (κ2) is 6.12. The first kappa shape index (κ1) is 17.4. The molecule has 0 atom stereocenters. The van der Waals surface area contributed by atoms with Crippen molar-refractivity contribution in [3.8, 4) is 0 Å². The molecule has 2 N–H and O–H groups in total. The number of aromatic amines is 1. The molecule has 9 heteroatoms. The molecule has 0 aliphatic carbocycles. The summed E-state index contributed by atoms with van der Waals surface area (Å²) >= 11 is 5.86. The second-order valence-electron chi connectivity index (χ2n) is 5.39. The van der Waals surface area contributed by atoms with Crippen molar-refractivity contribution in [1.82, 2.24) is 9.97 Å². The maximum Gasteiger partial charge on any atom is 0.265 e. The molecule has 0 aliphatic rings. The lowest BCUT2D eigenvalue weighted by molar-refractivity contribution is 0.560. The van der Waals surface area contributed by atoms with E-state index in [4.69, 9.17) is 11.6 Å². The zero-order chi connectivity index (χ0) is 18.4. The minimum atomic E-state index is -4.20. The van der Waals surface area contributed by atoms with Crippen LogP contribution in [0.1, 0.15) is 12.5 Å². The van der Waals surface area contributed by atoms with E-state index in [1.807, 2.05) is 4.72 Å². The van der Waals surface area contributed by atoms with E-state index in [1.54, 1.807) is 6.07 Å². The van der Waals surface area contributed by atoms with E-state index in [-0.39, 0.29) is 16.0 Å². The molecular formula is C16H12ClF2N3O2S. The Hall–Kier alpha value is -2.45. The van der Waals surface area contributed by atoms with Crippen molar-refractivity contribution in [3.05, 3.63) is 59.4 Å². The van der Waals surface area contributed by atoms with E-state index in [1.165, 1.54) is 25.3 Å². The smallest absolute Gasteiger partial charge is 0.265 e. The number of hydrogen-bond acceptors (Lipinski definition) is 3. The van der Waals surface area contributed by atoms with Crippen LogP contribution in [0.4, 0.5) is 14.6 Å². The molecule has 0 bridgehead atoms. The van der Waals surface area contributed by atoms with Crippen LogP contribution in [0.25, 0.3) is 16.5 Å². The van der Waals surface area contributed by atoms with Gasteiger partial charge in [-0.2, -0.15) is 9.37 Å². The van der Waals surface area contributed by atoms with Gasteiger partial charge in [0.05, 0.1) is 0 Å². The fraction of sp³-hybridized carbons (Fsp3) is 0.0625. The van der Waals surface area contributed by atoms with Gasteiger partial charge in [-0.3, -0.25) is 4.72 Å². The number of anilines is 1. The quantitative estimate of drug-likeness (QED) is 0.658. The molecule has 0 amide bonds. The summed E-state index contributed by atoms with van der Waals surface area (Å²) in [5, 5.41) is 0.785. The molecule has 25 heavy (non-hydrogen) atoms. The van der Waals surface area contributed by atoms with Crippen LogP contribution in [-0.4, -0.2) is 18.4 Å². The lowest BCUT2D eigenvalue weighted by atomic mass is 10.1. The minimum absolute atomic E-state index is 0.123. The fourth-order valence-corrected chi connectivity index (χ4v) is 3.68. The Labute approximate surface area is 147 Å². The number of nitrogens with zero attached hydrogens (tertiary/aromatic N) is 1. The summed E-state index contributed by atoms with van der Waals surface area (Å²) in [6.45, 7) is 5.00.